The van der Waals surface area contributed by atoms with E-state index in [1.165, 1.54) is 18.9 Å². The summed E-state index contributed by atoms with van der Waals surface area (Å²) in [7, 11) is 0. The topological polar surface area (TPSA) is 75.6 Å². The summed E-state index contributed by atoms with van der Waals surface area (Å²) in [5.41, 5.74) is 0. The zero-order valence-electron chi connectivity index (χ0n) is 11.7. The van der Waals surface area contributed by atoms with Gasteiger partial charge in [-0.3, -0.25) is 4.79 Å². The molecule has 19 heavy (non-hydrogen) atoms. The molecule has 5 heteroatoms. The second kappa shape index (κ2) is 11.6. The van der Waals surface area contributed by atoms with E-state index in [0.29, 0.717) is 6.42 Å². The summed E-state index contributed by atoms with van der Waals surface area (Å²) in [5, 5.41) is 11.4. The van der Waals surface area contributed by atoms with E-state index in [0.717, 1.165) is 19.3 Å². The first-order valence-corrected chi connectivity index (χ1v) is 6.86. The van der Waals surface area contributed by atoms with Gasteiger partial charge in [0.25, 0.3) is 0 Å². The molecule has 0 aliphatic carbocycles. The van der Waals surface area contributed by atoms with Crippen LogP contribution < -0.4 is 5.32 Å². The van der Waals surface area contributed by atoms with Gasteiger partial charge in [0.2, 0.25) is 0 Å². The third-order valence-corrected chi connectivity index (χ3v) is 2.73. The molecule has 0 aromatic heterocycles. The Labute approximate surface area is 115 Å². The molecular formula is C14H25NO4. The normalized spacial score (nSPS) is 11.6. The summed E-state index contributed by atoms with van der Waals surface area (Å²) in [6, 6.07) is -0.364. The van der Waals surface area contributed by atoms with Crippen LogP contribution in [0.2, 0.25) is 0 Å². The average Bonchev–Trinajstić information content (AvgIpc) is 2.35. The summed E-state index contributed by atoms with van der Waals surface area (Å²) in [6.45, 7) is 5.71. The van der Waals surface area contributed by atoms with Crippen LogP contribution in [0.15, 0.2) is 12.7 Å². The Hall–Kier alpha value is -1.52. The molecule has 0 bridgehead atoms. The Morgan fingerprint density at radius 2 is 2.00 bits per heavy atom. The van der Waals surface area contributed by atoms with Crippen molar-refractivity contribution < 1.29 is 19.4 Å². The van der Waals surface area contributed by atoms with Crippen molar-refractivity contribution >= 4 is 12.1 Å². The van der Waals surface area contributed by atoms with E-state index < -0.39 is 12.1 Å². The molecule has 1 amide bonds. The van der Waals surface area contributed by atoms with Crippen LogP contribution in [0, 0.1) is 0 Å². The first-order chi connectivity index (χ1) is 9.10. The zero-order chi connectivity index (χ0) is 14.5. The van der Waals surface area contributed by atoms with E-state index in [1.807, 2.05) is 0 Å². The molecule has 0 saturated heterocycles. The number of rotatable bonds is 11. The highest BCUT2D eigenvalue weighted by molar-refractivity contribution is 5.71. The fraction of sp³-hybridized carbons (Fsp3) is 0.714. The molecule has 0 aromatic carbocycles. The number of ether oxygens (including phenoxy) is 1. The number of carboxylic acids is 1. The second-order valence-electron chi connectivity index (χ2n) is 4.53. The van der Waals surface area contributed by atoms with Gasteiger partial charge in [0.05, 0.1) is 6.42 Å². The number of amides is 1. The molecule has 0 spiro atoms. The molecule has 0 radical (unpaired) electrons. The molecule has 5 nitrogen and oxygen atoms in total. The van der Waals surface area contributed by atoms with Crippen molar-refractivity contribution in [2.24, 2.45) is 0 Å². The smallest absolute Gasteiger partial charge is 0.407 e. The highest BCUT2D eigenvalue weighted by Crippen LogP contribution is 2.09. The predicted molar refractivity (Wildman–Crippen MR) is 74.1 cm³/mol. The zero-order valence-corrected chi connectivity index (χ0v) is 11.7. The fourth-order valence-corrected chi connectivity index (χ4v) is 1.77. The Kier molecular flexibility index (Phi) is 10.6. The van der Waals surface area contributed by atoms with Gasteiger partial charge >= 0.3 is 12.1 Å². The lowest BCUT2D eigenvalue weighted by atomic mass is 10.0. The van der Waals surface area contributed by atoms with Crippen LogP contribution in [0.5, 0.6) is 0 Å². The third-order valence-electron chi connectivity index (χ3n) is 2.73. The lowest BCUT2D eigenvalue weighted by Gasteiger charge is -2.16. The van der Waals surface area contributed by atoms with Gasteiger partial charge in [-0.1, -0.05) is 51.7 Å². The van der Waals surface area contributed by atoms with Gasteiger partial charge in [0, 0.05) is 6.04 Å². The molecule has 110 valence electrons. The lowest BCUT2D eigenvalue weighted by molar-refractivity contribution is -0.137. The SMILES string of the molecule is C=CCOC(=O)NC(CCCCCCC)CC(=O)O. The number of hydrogen-bond donors (Lipinski definition) is 2. The minimum absolute atomic E-state index is 0.0725. The van der Waals surface area contributed by atoms with E-state index >= 15 is 0 Å². The number of alkyl carbamates (subject to hydrolysis) is 1. The molecule has 0 saturated carbocycles. The second-order valence-corrected chi connectivity index (χ2v) is 4.53. The van der Waals surface area contributed by atoms with Crippen LogP contribution in [0.1, 0.15) is 51.9 Å². The number of aliphatic carboxylic acids is 1. The van der Waals surface area contributed by atoms with Crippen molar-refractivity contribution in [3.63, 3.8) is 0 Å². The molecule has 2 N–H and O–H groups in total. The number of carbonyl (C=O) groups excluding carboxylic acids is 1. The summed E-state index contributed by atoms with van der Waals surface area (Å²) in [4.78, 5) is 22.1. The van der Waals surface area contributed by atoms with E-state index in [-0.39, 0.29) is 19.1 Å². The Morgan fingerprint density at radius 3 is 2.58 bits per heavy atom. The van der Waals surface area contributed by atoms with Crippen LogP contribution in [0.3, 0.4) is 0 Å². The quantitative estimate of drug-likeness (QED) is 0.447. The summed E-state index contributed by atoms with van der Waals surface area (Å²) < 4.78 is 4.79. The number of hydrogen-bond acceptors (Lipinski definition) is 3. The average molecular weight is 271 g/mol. The molecule has 0 heterocycles. The van der Waals surface area contributed by atoms with Crippen LogP contribution >= 0.6 is 0 Å². The Bertz CT molecular complexity index is 279. The summed E-state index contributed by atoms with van der Waals surface area (Å²) in [5.74, 6) is -0.914. The van der Waals surface area contributed by atoms with Gasteiger partial charge in [-0.05, 0) is 6.42 Å². The summed E-state index contributed by atoms with van der Waals surface area (Å²) >= 11 is 0. The Balaban J connectivity index is 3.97. The van der Waals surface area contributed by atoms with Gasteiger partial charge < -0.3 is 15.2 Å². The van der Waals surface area contributed by atoms with E-state index in [4.69, 9.17) is 9.84 Å². The van der Waals surface area contributed by atoms with Gasteiger partial charge in [0.1, 0.15) is 6.61 Å². The van der Waals surface area contributed by atoms with Gasteiger partial charge in [0.15, 0.2) is 0 Å². The first kappa shape index (κ1) is 17.5. The van der Waals surface area contributed by atoms with Crippen molar-refractivity contribution in [1.82, 2.24) is 5.32 Å². The van der Waals surface area contributed by atoms with Gasteiger partial charge in [-0.25, -0.2) is 4.79 Å². The molecule has 0 rings (SSSR count). The van der Waals surface area contributed by atoms with E-state index in [1.54, 1.807) is 0 Å². The van der Waals surface area contributed by atoms with E-state index in [2.05, 4.69) is 18.8 Å². The number of carbonyl (C=O) groups is 2. The number of nitrogens with one attached hydrogen (secondary N) is 1. The maximum absolute atomic E-state index is 11.4. The van der Waals surface area contributed by atoms with Crippen LogP contribution in [-0.2, 0) is 9.53 Å². The van der Waals surface area contributed by atoms with Crippen LogP contribution in [0.25, 0.3) is 0 Å². The van der Waals surface area contributed by atoms with Crippen molar-refractivity contribution in [3.05, 3.63) is 12.7 Å². The molecule has 0 aliphatic heterocycles. The van der Waals surface area contributed by atoms with Gasteiger partial charge in [-0.15, -0.1) is 0 Å². The van der Waals surface area contributed by atoms with Crippen LogP contribution in [-0.4, -0.2) is 29.8 Å². The highest BCUT2D eigenvalue weighted by atomic mass is 16.5. The molecule has 1 atom stereocenters. The van der Waals surface area contributed by atoms with Crippen molar-refractivity contribution in [2.45, 2.75) is 57.9 Å². The third kappa shape index (κ3) is 11.3. The lowest BCUT2D eigenvalue weighted by Crippen LogP contribution is -2.36. The van der Waals surface area contributed by atoms with Crippen molar-refractivity contribution in [1.29, 1.82) is 0 Å². The highest BCUT2D eigenvalue weighted by Gasteiger charge is 2.16. The summed E-state index contributed by atoms with van der Waals surface area (Å²) in [6.07, 6.45) is 6.97. The Morgan fingerprint density at radius 1 is 1.32 bits per heavy atom. The fourth-order valence-electron chi connectivity index (χ4n) is 1.77. The number of carboxylic acid groups (broad SMARTS) is 1. The molecular weight excluding hydrogens is 246 g/mol. The van der Waals surface area contributed by atoms with Crippen molar-refractivity contribution in [2.75, 3.05) is 6.61 Å². The standard InChI is InChI=1S/C14H25NO4/c1-3-5-6-7-8-9-12(11-13(16)17)15-14(18)19-10-4-2/h4,12H,2-3,5-11H2,1H3,(H,15,18)(H,16,17). The van der Waals surface area contributed by atoms with E-state index in [9.17, 15) is 9.59 Å². The first-order valence-electron chi connectivity index (χ1n) is 6.86. The van der Waals surface area contributed by atoms with Crippen LogP contribution in [0.4, 0.5) is 4.79 Å². The largest absolute Gasteiger partial charge is 0.481 e. The minimum atomic E-state index is -0.914. The maximum atomic E-state index is 11.4. The molecule has 0 aliphatic rings. The van der Waals surface area contributed by atoms with Gasteiger partial charge in [-0.2, -0.15) is 0 Å². The number of unbranched alkanes of at least 4 members (excludes halogenated alkanes) is 4. The predicted octanol–water partition coefficient (Wildman–Crippen LogP) is 3.10. The minimum Gasteiger partial charge on any atom is -0.481 e. The maximum Gasteiger partial charge on any atom is 0.407 e. The monoisotopic (exact) mass is 271 g/mol. The van der Waals surface area contributed by atoms with Crippen molar-refractivity contribution in [3.8, 4) is 0 Å². The molecule has 0 fully saturated rings. The molecule has 1 unspecified atom stereocenters. The molecule has 0 aromatic rings.